The van der Waals surface area contributed by atoms with Crippen LogP contribution in [0.25, 0.3) is 0 Å². The summed E-state index contributed by atoms with van der Waals surface area (Å²) in [7, 11) is -0.500. The molecule has 2 unspecified atom stereocenters. The van der Waals surface area contributed by atoms with E-state index in [2.05, 4.69) is 6.07 Å². The summed E-state index contributed by atoms with van der Waals surface area (Å²) in [4.78, 5) is 13.5. The first kappa shape index (κ1) is 17.9. The Balaban J connectivity index is 2.38. The quantitative estimate of drug-likeness (QED) is 0.846. The van der Waals surface area contributed by atoms with Crippen molar-refractivity contribution < 1.29 is 13.2 Å². The number of rotatable bonds is 4. The molecule has 1 fully saturated rings. The van der Waals surface area contributed by atoms with Crippen molar-refractivity contribution in [3.05, 3.63) is 34.9 Å². The molecule has 0 N–H and O–H groups in total. The molecule has 1 amide bonds. The fourth-order valence-corrected chi connectivity index (χ4v) is 5.00. The molecule has 1 saturated heterocycles. The summed E-state index contributed by atoms with van der Waals surface area (Å²) >= 11 is 0. The lowest BCUT2D eigenvalue weighted by molar-refractivity contribution is -0.128. The van der Waals surface area contributed by atoms with Crippen molar-refractivity contribution in [3.63, 3.8) is 0 Å². The van der Waals surface area contributed by atoms with Gasteiger partial charge in [-0.05, 0) is 44.7 Å². The van der Waals surface area contributed by atoms with E-state index < -0.39 is 15.3 Å². The van der Waals surface area contributed by atoms with Crippen LogP contribution in [0.3, 0.4) is 0 Å². The highest BCUT2D eigenvalue weighted by atomic mass is 32.2. The Bertz CT molecular complexity index is 698. The molecule has 2 atom stereocenters. The summed E-state index contributed by atoms with van der Waals surface area (Å²) in [5.74, 6) is -0.378. The largest absolute Gasteiger partial charge is 0.348 e. The molecule has 0 radical (unpaired) electrons. The molecule has 1 aliphatic rings. The highest BCUT2D eigenvalue weighted by Crippen LogP contribution is 2.37. The number of nitrogens with zero attached hydrogens (tertiary/aromatic N) is 2. The van der Waals surface area contributed by atoms with Crippen LogP contribution in [-0.4, -0.2) is 49.4 Å². The molecule has 0 bridgehead atoms. The van der Waals surface area contributed by atoms with Gasteiger partial charge in [0.2, 0.25) is 15.9 Å². The third kappa shape index (κ3) is 3.43. The maximum atomic E-state index is 12.9. The highest BCUT2D eigenvalue weighted by Gasteiger charge is 2.41. The van der Waals surface area contributed by atoms with Crippen molar-refractivity contribution in [2.24, 2.45) is 0 Å². The Kier molecular flexibility index (Phi) is 5.16. The number of aryl methyl sites for hydroxylation is 2. The van der Waals surface area contributed by atoms with E-state index in [0.29, 0.717) is 6.54 Å². The molecule has 6 heteroatoms. The first-order valence-electron chi connectivity index (χ1n) is 7.95. The van der Waals surface area contributed by atoms with Crippen LogP contribution in [0.15, 0.2) is 18.2 Å². The Morgan fingerprint density at radius 3 is 2.57 bits per heavy atom. The van der Waals surface area contributed by atoms with E-state index in [1.165, 1.54) is 16.1 Å². The van der Waals surface area contributed by atoms with E-state index in [-0.39, 0.29) is 11.9 Å². The molecule has 0 saturated carbocycles. The van der Waals surface area contributed by atoms with E-state index in [1.807, 2.05) is 26.0 Å². The van der Waals surface area contributed by atoms with Crippen molar-refractivity contribution in [2.45, 2.75) is 44.9 Å². The first-order chi connectivity index (χ1) is 10.7. The first-order valence-corrected chi connectivity index (χ1v) is 9.45. The number of hydrogen-bond donors (Lipinski definition) is 0. The second kappa shape index (κ2) is 6.61. The fourth-order valence-electron chi connectivity index (χ4n) is 3.17. The highest BCUT2D eigenvalue weighted by molar-refractivity contribution is 7.90. The molecule has 0 spiro atoms. The van der Waals surface area contributed by atoms with Crippen molar-refractivity contribution in [1.82, 2.24) is 9.21 Å². The van der Waals surface area contributed by atoms with Crippen LogP contribution in [0.5, 0.6) is 0 Å². The van der Waals surface area contributed by atoms with Gasteiger partial charge in [0.1, 0.15) is 0 Å². The zero-order chi connectivity index (χ0) is 17.4. The second-order valence-corrected chi connectivity index (χ2v) is 8.75. The minimum Gasteiger partial charge on any atom is -0.348 e. The molecule has 1 aromatic carbocycles. The monoisotopic (exact) mass is 338 g/mol. The number of benzene rings is 1. The molecule has 128 valence electrons. The molecule has 5 nitrogen and oxygen atoms in total. The Morgan fingerprint density at radius 2 is 1.96 bits per heavy atom. The predicted octanol–water partition coefficient (Wildman–Crippen LogP) is 2.25. The molecule has 1 heterocycles. The van der Waals surface area contributed by atoms with Gasteiger partial charge in [-0.15, -0.1) is 0 Å². The van der Waals surface area contributed by atoms with Gasteiger partial charge in [0, 0.05) is 20.6 Å². The molecule has 23 heavy (non-hydrogen) atoms. The molecular formula is C17H26N2O3S. The van der Waals surface area contributed by atoms with E-state index >= 15 is 0 Å². The van der Waals surface area contributed by atoms with Gasteiger partial charge >= 0.3 is 0 Å². The Hall–Kier alpha value is -1.40. The van der Waals surface area contributed by atoms with E-state index in [9.17, 15) is 13.2 Å². The predicted molar refractivity (Wildman–Crippen MR) is 91.7 cm³/mol. The van der Waals surface area contributed by atoms with E-state index in [0.717, 1.165) is 29.5 Å². The van der Waals surface area contributed by atoms with Crippen LogP contribution in [-0.2, 0) is 14.8 Å². The standard InChI is InChI=1S/C17H26N2O3S/c1-12-8-9-13(2)15(11-12)16-7-6-10-19(16)23(21,22)14(3)17(20)18(4)5/h8-9,11,14,16H,6-7,10H2,1-5H3. The van der Waals surface area contributed by atoms with Crippen molar-refractivity contribution in [1.29, 1.82) is 0 Å². The summed E-state index contributed by atoms with van der Waals surface area (Å²) in [6.45, 7) is 5.97. The van der Waals surface area contributed by atoms with Crippen LogP contribution in [0, 0.1) is 13.8 Å². The third-order valence-corrected chi connectivity index (χ3v) is 6.75. The summed E-state index contributed by atoms with van der Waals surface area (Å²) < 4.78 is 27.4. The van der Waals surface area contributed by atoms with Crippen molar-refractivity contribution >= 4 is 15.9 Å². The lowest BCUT2D eigenvalue weighted by Crippen LogP contribution is -2.45. The molecule has 0 aliphatic carbocycles. The third-order valence-electron chi connectivity index (χ3n) is 4.56. The summed E-state index contributed by atoms with van der Waals surface area (Å²) in [6.07, 6.45) is 1.62. The van der Waals surface area contributed by atoms with Gasteiger partial charge in [-0.3, -0.25) is 4.79 Å². The summed E-state index contributed by atoms with van der Waals surface area (Å²) in [5.41, 5.74) is 3.26. The van der Waals surface area contributed by atoms with Crippen LogP contribution >= 0.6 is 0 Å². The number of sulfonamides is 1. The Labute approximate surface area is 139 Å². The van der Waals surface area contributed by atoms with E-state index in [1.54, 1.807) is 14.1 Å². The molecule has 2 rings (SSSR count). The summed E-state index contributed by atoms with van der Waals surface area (Å²) in [5, 5.41) is -1.05. The van der Waals surface area contributed by atoms with Gasteiger partial charge in [0.05, 0.1) is 6.04 Å². The minimum atomic E-state index is -3.67. The van der Waals surface area contributed by atoms with Crippen molar-refractivity contribution in [2.75, 3.05) is 20.6 Å². The molecule has 1 aliphatic heterocycles. The normalized spacial score (nSPS) is 20.5. The Morgan fingerprint density at radius 1 is 1.30 bits per heavy atom. The van der Waals surface area contributed by atoms with Gasteiger partial charge in [-0.1, -0.05) is 23.8 Å². The SMILES string of the molecule is Cc1ccc(C)c(C2CCCN2S(=O)(=O)C(C)C(=O)N(C)C)c1. The van der Waals surface area contributed by atoms with E-state index in [4.69, 9.17) is 0 Å². The lowest BCUT2D eigenvalue weighted by atomic mass is 9.98. The lowest BCUT2D eigenvalue weighted by Gasteiger charge is -2.29. The van der Waals surface area contributed by atoms with Crippen LogP contribution < -0.4 is 0 Å². The number of amides is 1. The minimum absolute atomic E-state index is 0.169. The average molecular weight is 338 g/mol. The number of carbonyl (C=O) groups excluding carboxylic acids is 1. The molecule has 0 aromatic heterocycles. The van der Waals surface area contributed by atoms with Gasteiger partial charge in [-0.2, -0.15) is 4.31 Å². The number of hydrogen-bond acceptors (Lipinski definition) is 3. The second-order valence-electron chi connectivity index (χ2n) is 6.55. The maximum absolute atomic E-state index is 12.9. The van der Waals surface area contributed by atoms with Crippen molar-refractivity contribution in [3.8, 4) is 0 Å². The average Bonchev–Trinajstić information content (AvgIpc) is 2.98. The van der Waals surface area contributed by atoms with Crippen LogP contribution in [0.2, 0.25) is 0 Å². The topological polar surface area (TPSA) is 57.7 Å². The number of carbonyl (C=O) groups is 1. The van der Waals surface area contributed by atoms with Crippen LogP contribution in [0.1, 0.15) is 42.5 Å². The van der Waals surface area contributed by atoms with Gasteiger partial charge < -0.3 is 4.90 Å². The summed E-state index contributed by atoms with van der Waals surface area (Å²) in [6, 6.07) is 5.96. The molecule has 1 aromatic rings. The zero-order valence-corrected chi connectivity index (χ0v) is 15.4. The van der Waals surface area contributed by atoms with Gasteiger partial charge in [0.15, 0.2) is 5.25 Å². The fraction of sp³-hybridized carbons (Fsp3) is 0.588. The van der Waals surface area contributed by atoms with Gasteiger partial charge in [0.25, 0.3) is 0 Å². The smallest absolute Gasteiger partial charge is 0.241 e. The van der Waals surface area contributed by atoms with Crippen LogP contribution in [0.4, 0.5) is 0 Å². The zero-order valence-electron chi connectivity index (χ0n) is 14.5. The molecular weight excluding hydrogens is 312 g/mol. The van der Waals surface area contributed by atoms with Gasteiger partial charge in [-0.25, -0.2) is 8.42 Å². The maximum Gasteiger partial charge on any atom is 0.241 e.